The molecule has 21 heavy (non-hydrogen) atoms. The van der Waals surface area contributed by atoms with Gasteiger partial charge in [0, 0.05) is 11.6 Å². The zero-order valence-corrected chi connectivity index (χ0v) is 11.7. The molecule has 0 unspecified atom stereocenters. The van der Waals surface area contributed by atoms with E-state index in [2.05, 4.69) is 0 Å². The third-order valence-electron chi connectivity index (χ3n) is 2.98. The quantitative estimate of drug-likeness (QED) is 0.787. The van der Waals surface area contributed by atoms with Gasteiger partial charge < -0.3 is 9.47 Å². The van der Waals surface area contributed by atoms with Gasteiger partial charge in [-0.3, -0.25) is 4.79 Å². The summed E-state index contributed by atoms with van der Waals surface area (Å²) in [5, 5.41) is 0. The van der Waals surface area contributed by atoms with Crippen molar-refractivity contribution >= 4 is 5.78 Å². The molecule has 0 saturated heterocycles. The first kappa shape index (κ1) is 15.0. The molecule has 5 heteroatoms. The van der Waals surface area contributed by atoms with Crippen LogP contribution in [0.5, 0.6) is 11.5 Å². The lowest BCUT2D eigenvalue weighted by molar-refractivity contribution is 0.101. The van der Waals surface area contributed by atoms with Crippen molar-refractivity contribution in [3.05, 3.63) is 59.2 Å². The fourth-order valence-corrected chi connectivity index (χ4v) is 1.86. The van der Waals surface area contributed by atoms with Crippen LogP contribution < -0.4 is 9.47 Å². The molecule has 0 N–H and O–H groups in total. The van der Waals surface area contributed by atoms with Gasteiger partial charge in [0.15, 0.2) is 17.3 Å². The van der Waals surface area contributed by atoms with E-state index in [1.807, 2.05) is 0 Å². The molecule has 0 amide bonds. The Balaban J connectivity index is 2.14. The number of carbonyl (C=O) groups excluding carboxylic acids is 1. The van der Waals surface area contributed by atoms with Crippen LogP contribution in [0.15, 0.2) is 36.4 Å². The maximum absolute atomic E-state index is 13.9. The normalized spacial score (nSPS) is 10.3. The minimum Gasteiger partial charge on any atom is -0.494 e. The highest BCUT2D eigenvalue weighted by atomic mass is 19.1. The van der Waals surface area contributed by atoms with E-state index in [0.717, 1.165) is 6.07 Å². The van der Waals surface area contributed by atoms with Crippen LogP contribution in [0.4, 0.5) is 8.78 Å². The first-order chi connectivity index (χ1) is 10.0. The average molecular weight is 292 g/mol. The molecule has 2 aromatic rings. The second-order valence-corrected chi connectivity index (χ2v) is 4.42. The summed E-state index contributed by atoms with van der Waals surface area (Å²) in [4.78, 5) is 11.1. The van der Waals surface area contributed by atoms with E-state index < -0.39 is 11.6 Å². The smallest absolute Gasteiger partial charge is 0.171 e. The van der Waals surface area contributed by atoms with Crippen LogP contribution in [0.1, 0.15) is 22.8 Å². The molecule has 0 spiro atoms. The molecule has 2 aromatic carbocycles. The minimum absolute atomic E-state index is 0.00471. The molecule has 0 bridgehead atoms. The third-order valence-corrected chi connectivity index (χ3v) is 2.98. The first-order valence-corrected chi connectivity index (χ1v) is 6.27. The molecule has 0 saturated carbocycles. The van der Waals surface area contributed by atoms with Gasteiger partial charge in [0.05, 0.1) is 12.7 Å². The number of ether oxygens (including phenoxy) is 2. The Morgan fingerprint density at radius 3 is 2.57 bits per heavy atom. The molecule has 0 atom stereocenters. The molecule has 0 aliphatic heterocycles. The fourth-order valence-electron chi connectivity index (χ4n) is 1.86. The van der Waals surface area contributed by atoms with Crippen LogP contribution >= 0.6 is 0 Å². The molecular weight excluding hydrogens is 278 g/mol. The van der Waals surface area contributed by atoms with Crippen LogP contribution in [-0.2, 0) is 6.61 Å². The van der Waals surface area contributed by atoms with Crippen molar-refractivity contribution in [2.45, 2.75) is 13.5 Å². The van der Waals surface area contributed by atoms with Gasteiger partial charge in [0.2, 0.25) is 0 Å². The predicted octanol–water partition coefficient (Wildman–Crippen LogP) is 3.76. The maximum atomic E-state index is 13.9. The molecule has 3 nitrogen and oxygen atoms in total. The van der Waals surface area contributed by atoms with Crippen molar-refractivity contribution in [1.29, 1.82) is 0 Å². The highest BCUT2D eigenvalue weighted by Gasteiger charge is 2.11. The van der Waals surface area contributed by atoms with E-state index in [1.165, 1.54) is 32.2 Å². The molecule has 0 aliphatic rings. The summed E-state index contributed by atoms with van der Waals surface area (Å²) in [7, 11) is 1.37. The van der Waals surface area contributed by atoms with Crippen LogP contribution in [-0.4, -0.2) is 12.9 Å². The number of rotatable bonds is 5. The molecule has 0 radical (unpaired) electrons. The van der Waals surface area contributed by atoms with Crippen molar-refractivity contribution < 1.29 is 23.0 Å². The summed E-state index contributed by atoms with van der Waals surface area (Å²) in [6.07, 6.45) is 0. The van der Waals surface area contributed by atoms with E-state index in [4.69, 9.17) is 9.47 Å². The Hall–Kier alpha value is -2.43. The second kappa shape index (κ2) is 6.35. The zero-order valence-electron chi connectivity index (χ0n) is 11.7. The number of halogens is 2. The second-order valence-electron chi connectivity index (χ2n) is 4.42. The van der Waals surface area contributed by atoms with Crippen LogP contribution in [0, 0.1) is 11.6 Å². The summed E-state index contributed by atoms with van der Waals surface area (Å²) in [5.74, 6) is -1.20. The molecular formula is C16H14F2O3. The van der Waals surface area contributed by atoms with E-state index in [0.29, 0.717) is 5.56 Å². The Kier molecular flexibility index (Phi) is 4.52. The molecule has 2 rings (SSSR count). The lowest BCUT2D eigenvalue weighted by Gasteiger charge is -2.10. The van der Waals surface area contributed by atoms with E-state index in [1.54, 1.807) is 12.1 Å². The maximum Gasteiger partial charge on any atom is 0.171 e. The highest BCUT2D eigenvalue weighted by Crippen LogP contribution is 2.22. The topological polar surface area (TPSA) is 35.5 Å². The van der Waals surface area contributed by atoms with Gasteiger partial charge >= 0.3 is 0 Å². The lowest BCUT2D eigenvalue weighted by atomic mass is 10.1. The Labute approximate surface area is 121 Å². The van der Waals surface area contributed by atoms with Gasteiger partial charge in [-0.1, -0.05) is 12.1 Å². The number of methoxy groups -OCH3 is 1. The van der Waals surface area contributed by atoms with E-state index in [-0.39, 0.29) is 29.5 Å². The largest absolute Gasteiger partial charge is 0.494 e. The number of hydrogen-bond acceptors (Lipinski definition) is 3. The summed E-state index contributed by atoms with van der Waals surface area (Å²) in [6.45, 7) is 1.21. The number of benzene rings is 2. The fraction of sp³-hybridized carbons (Fsp3) is 0.188. The summed E-state index contributed by atoms with van der Waals surface area (Å²) in [6, 6.07) is 8.61. The zero-order chi connectivity index (χ0) is 15.4. The Bertz CT molecular complexity index is 669. The van der Waals surface area contributed by atoms with Crippen molar-refractivity contribution in [1.82, 2.24) is 0 Å². The molecule has 0 fully saturated rings. The summed E-state index contributed by atoms with van der Waals surface area (Å²) < 4.78 is 37.7. The molecule has 0 heterocycles. The molecule has 0 aliphatic carbocycles. The van der Waals surface area contributed by atoms with Crippen LogP contribution in [0.25, 0.3) is 0 Å². The van der Waals surface area contributed by atoms with E-state index >= 15 is 0 Å². The number of Topliss-reactive ketones (excluding diaryl/α,β-unsaturated/α-hetero) is 1. The highest BCUT2D eigenvalue weighted by molar-refractivity contribution is 5.94. The lowest BCUT2D eigenvalue weighted by Crippen LogP contribution is -2.02. The SMILES string of the molecule is COc1cccc(COc2ccc(C(C)=O)c(F)c2)c1F. The molecule has 0 aromatic heterocycles. The van der Waals surface area contributed by atoms with Crippen molar-refractivity contribution in [2.75, 3.05) is 7.11 Å². The standard InChI is InChI=1S/C16H14F2O3/c1-10(19)13-7-6-12(8-14(13)17)21-9-11-4-3-5-15(20-2)16(11)18/h3-8H,9H2,1-2H3. The van der Waals surface area contributed by atoms with Crippen LogP contribution in [0.3, 0.4) is 0 Å². The predicted molar refractivity (Wildman–Crippen MR) is 73.7 cm³/mol. The molecule has 110 valence electrons. The monoisotopic (exact) mass is 292 g/mol. The van der Waals surface area contributed by atoms with Gasteiger partial charge in [-0.25, -0.2) is 8.78 Å². The van der Waals surface area contributed by atoms with Crippen LogP contribution in [0.2, 0.25) is 0 Å². The minimum atomic E-state index is -0.661. The van der Waals surface area contributed by atoms with Crippen molar-refractivity contribution in [3.63, 3.8) is 0 Å². The summed E-state index contributed by atoms with van der Waals surface area (Å²) >= 11 is 0. The average Bonchev–Trinajstić information content (AvgIpc) is 2.46. The summed E-state index contributed by atoms with van der Waals surface area (Å²) in [5.41, 5.74) is 0.292. The van der Waals surface area contributed by atoms with Gasteiger partial charge in [0.25, 0.3) is 0 Å². The first-order valence-electron chi connectivity index (χ1n) is 6.27. The third kappa shape index (κ3) is 3.37. The van der Waals surface area contributed by atoms with Gasteiger partial charge in [-0.05, 0) is 25.1 Å². The number of hydrogen-bond donors (Lipinski definition) is 0. The number of ketones is 1. The van der Waals surface area contributed by atoms with Gasteiger partial charge in [-0.2, -0.15) is 0 Å². The Morgan fingerprint density at radius 2 is 1.95 bits per heavy atom. The van der Waals surface area contributed by atoms with E-state index in [9.17, 15) is 13.6 Å². The van der Waals surface area contributed by atoms with Gasteiger partial charge in [0.1, 0.15) is 18.2 Å². The Morgan fingerprint density at radius 1 is 1.19 bits per heavy atom. The van der Waals surface area contributed by atoms with Gasteiger partial charge in [-0.15, -0.1) is 0 Å². The number of carbonyl (C=O) groups is 1. The van der Waals surface area contributed by atoms with Crippen molar-refractivity contribution in [2.24, 2.45) is 0 Å². The van der Waals surface area contributed by atoms with Crippen molar-refractivity contribution in [3.8, 4) is 11.5 Å².